The van der Waals surface area contributed by atoms with Crippen molar-refractivity contribution in [3.63, 3.8) is 0 Å². The van der Waals surface area contributed by atoms with E-state index in [2.05, 4.69) is 23.6 Å². The summed E-state index contributed by atoms with van der Waals surface area (Å²) in [6.07, 6.45) is 6.38. The second kappa shape index (κ2) is 10.2. The molecule has 0 aromatic heterocycles. The molecule has 1 heterocycles. The van der Waals surface area contributed by atoms with Crippen LogP contribution < -0.4 is 5.73 Å². The second-order valence-electron chi connectivity index (χ2n) is 6.36. The van der Waals surface area contributed by atoms with E-state index in [0.29, 0.717) is 5.91 Å². The van der Waals surface area contributed by atoms with Gasteiger partial charge in [-0.1, -0.05) is 26.7 Å². The Kier molecular flexibility index (Phi) is 8.86. The second-order valence-corrected chi connectivity index (χ2v) is 6.36. The summed E-state index contributed by atoms with van der Waals surface area (Å²) in [6.45, 7) is 10.4. The molecule has 4 heteroatoms. The average Bonchev–Trinajstić information content (AvgIpc) is 2.45. The Labute approximate surface area is 124 Å². The fourth-order valence-electron chi connectivity index (χ4n) is 2.59. The summed E-state index contributed by atoms with van der Waals surface area (Å²) in [4.78, 5) is 16.6. The molecule has 0 unspecified atom stereocenters. The third kappa shape index (κ3) is 7.25. The first kappa shape index (κ1) is 17.4. The smallest absolute Gasteiger partial charge is 0.222 e. The van der Waals surface area contributed by atoms with Gasteiger partial charge in [-0.25, -0.2) is 0 Å². The van der Waals surface area contributed by atoms with Crippen LogP contribution in [0.3, 0.4) is 0 Å². The van der Waals surface area contributed by atoms with Crippen molar-refractivity contribution < 1.29 is 4.79 Å². The van der Waals surface area contributed by atoms with Crippen molar-refractivity contribution in [2.45, 2.75) is 52.4 Å². The highest BCUT2D eigenvalue weighted by atomic mass is 16.2. The normalized spacial score (nSPS) is 16.9. The highest BCUT2D eigenvalue weighted by molar-refractivity contribution is 5.76. The van der Waals surface area contributed by atoms with Gasteiger partial charge in [-0.2, -0.15) is 0 Å². The lowest BCUT2D eigenvalue weighted by Crippen LogP contribution is -2.48. The molecule has 0 aromatic rings. The Bertz CT molecular complexity index is 260. The number of carbonyl (C=O) groups is 1. The minimum atomic E-state index is 0.348. The van der Waals surface area contributed by atoms with Crippen molar-refractivity contribution in [1.82, 2.24) is 9.80 Å². The molecule has 0 bridgehead atoms. The van der Waals surface area contributed by atoms with Gasteiger partial charge in [-0.05, 0) is 38.3 Å². The van der Waals surface area contributed by atoms with Crippen LogP contribution in [0.5, 0.6) is 0 Å². The number of amides is 1. The minimum Gasteiger partial charge on any atom is -0.340 e. The molecule has 1 aliphatic heterocycles. The third-order valence-electron chi connectivity index (χ3n) is 4.09. The standard InChI is InChI=1S/C16H33N3O/c1-15(2)8-10-18-11-13-19(14-12-18)16(20)7-5-3-4-6-9-17/h15H,3-14,17H2,1-2H3. The van der Waals surface area contributed by atoms with Gasteiger partial charge in [0.15, 0.2) is 0 Å². The monoisotopic (exact) mass is 283 g/mol. The summed E-state index contributed by atoms with van der Waals surface area (Å²) >= 11 is 0. The number of carbonyl (C=O) groups excluding carboxylic acids is 1. The molecule has 1 saturated heterocycles. The van der Waals surface area contributed by atoms with Crippen molar-refractivity contribution in [3.8, 4) is 0 Å². The molecule has 4 nitrogen and oxygen atoms in total. The minimum absolute atomic E-state index is 0.348. The molecule has 20 heavy (non-hydrogen) atoms. The fraction of sp³-hybridized carbons (Fsp3) is 0.938. The largest absolute Gasteiger partial charge is 0.340 e. The van der Waals surface area contributed by atoms with Crippen molar-refractivity contribution in [1.29, 1.82) is 0 Å². The Morgan fingerprint density at radius 1 is 1.05 bits per heavy atom. The maximum atomic E-state index is 12.1. The fourth-order valence-corrected chi connectivity index (χ4v) is 2.59. The highest BCUT2D eigenvalue weighted by Crippen LogP contribution is 2.10. The molecule has 118 valence electrons. The summed E-state index contributed by atoms with van der Waals surface area (Å²) in [5.74, 6) is 1.12. The van der Waals surface area contributed by atoms with Crippen molar-refractivity contribution in [2.24, 2.45) is 11.7 Å². The molecule has 0 saturated carbocycles. The predicted molar refractivity (Wildman–Crippen MR) is 84.6 cm³/mol. The first-order valence-electron chi connectivity index (χ1n) is 8.33. The molecule has 1 aliphatic rings. The van der Waals surface area contributed by atoms with Crippen LogP contribution >= 0.6 is 0 Å². The van der Waals surface area contributed by atoms with Gasteiger partial charge in [0.25, 0.3) is 0 Å². The molecule has 1 amide bonds. The topological polar surface area (TPSA) is 49.6 Å². The molecule has 0 spiro atoms. The number of nitrogens with zero attached hydrogens (tertiary/aromatic N) is 2. The molecule has 0 atom stereocenters. The maximum Gasteiger partial charge on any atom is 0.222 e. The zero-order valence-electron chi connectivity index (χ0n) is 13.4. The number of hydrogen-bond acceptors (Lipinski definition) is 3. The number of hydrogen-bond donors (Lipinski definition) is 1. The quantitative estimate of drug-likeness (QED) is 0.659. The van der Waals surface area contributed by atoms with Gasteiger partial charge in [-0.15, -0.1) is 0 Å². The van der Waals surface area contributed by atoms with E-state index in [0.717, 1.165) is 70.7 Å². The van der Waals surface area contributed by atoms with Crippen LogP contribution in [-0.4, -0.2) is 55.0 Å². The van der Waals surface area contributed by atoms with Crippen LogP contribution in [0, 0.1) is 5.92 Å². The van der Waals surface area contributed by atoms with Gasteiger partial charge < -0.3 is 10.6 Å². The molecule has 0 radical (unpaired) electrons. The van der Waals surface area contributed by atoms with E-state index in [1.807, 2.05) is 0 Å². The van der Waals surface area contributed by atoms with Crippen molar-refractivity contribution >= 4 is 5.91 Å². The first-order chi connectivity index (χ1) is 9.63. The lowest BCUT2D eigenvalue weighted by atomic mass is 10.1. The van der Waals surface area contributed by atoms with Crippen LogP contribution in [0.2, 0.25) is 0 Å². The lowest BCUT2D eigenvalue weighted by molar-refractivity contribution is -0.133. The van der Waals surface area contributed by atoms with Crippen LogP contribution in [0.15, 0.2) is 0 Å². The summed E-state index contributed by atoms with van der Waals surface area (Å²) in [6, 6.07) is 0. The molecule has 1 rings (SSSR count). The molecular formula is C16H33N3O. The summed E-state index contributed by atoms with van der Waals surface area (Å²) in [5.41, 5.74) is 5.46. The molecule has 0 aliphatic carbocycles. The zero-order chi connectivity index (χ0) is 14.8. The Morgan fingerprint density at radius 3 is 2.30 bits per heavy atom. The number of rotatable bonds is 9. The van der Waals surface area contributed by atoms with Crippen LogP contribution in [0.25, 0.3) is 0 Å². The average molecular weight is 283 g/mol. The highest BCUT2D eigenvalue weighted by Gasteiger charge is 2.20. The van der Waals surface area contributed by atoms with Gasteiger partial charge in [0.2, 0.25) is 5.91 Å². The first-order valence-corrected chi connectivity index (χ1v) is 8.33. The van der Waals surface area contributed by atoms with E-state index in [1.165, 1.54) is 13.0 Å². The Balaban J connectivity index is 2.09. The summed E-state index contributed by atoms with van der Waals surface area (Å²) in [5, 5.41) is 0. The number of piperazine rings is 1. The number of unbranched alkanes of at least 4 members (excludes halogenated alkanes) is 3. The SMILES string of the molecule is CC(C)CCN1CCN(C(=O)CCCCCCN)CC1. The van der Waals surface area contributed by atoms with Gasteiger partial charge in [0.05, 0.1) is 0 Å². The van der Waals surface area contributed by atoms with E-state index >= 15 is 0 Å². The van der Waals surface area contributed by atoms with Gasteiger partial charge in [0, 0.05) is 32.6 Å². The zero-order valence-corrected chi connectivity index (χ0v) is 13.4. The van der Waals surface area contributed by atoms with Crippen molar-refractivity contribution in [2.75, 3.05) is 39.3 Å². The summed E-state index contributed by atoms with van der Waals surface area (Å²) in [7, 11) is 0. The Morgan fingerprint density at radius 2 is 1.70 bits per heavy atom. The molecule has 1 fully saturated rings. The molecular weight excluding hydrogens is 250 g/mol. The third-order valence-corrected chi connectivity index (χ3v) is 4.09. The van der Waals surface area contributed by atoms with Crippen LogP contribution in [0.4, 0.5) is 0 Å². The predicted octanol–water partition coefficient (Wildman–Crippen LogP) is 2.09. The van der Waals surface area contributed by atoms with Gasteiger partial charge in [-0.3, -0.25) is 9.69 Å². The molecule has 0 aromatic carbocycles. The number of nitrogens with two attached hydrogens (primary N) is 1. The van der Waals surface area contributed by atoms with E-state index < -0.39 is 0 Å². The van der Waals surface area contributed by atoms with Crippen molar-refractivity contribution in [3.05, 3.63) is 0 Å². The van der Waals surface area contributed by atoms with E-state index in [9.17, 15) is 4.79 Å². The summed E-state index contributed by atoms with van der Waals surface area (Å²) < 4.78 is 0. The van der Waals surface area contributed by atoms with E-state index in [1.54, 1.807) is 0 Å². The van der Waals surface area contributed by atoms with Gasteiger partial charge >= 0.3 is 0 Å². The van der Waals surface area contributed by atoms with E-state index in [-0.39, 0.29) is 0 Å². The lowest BCUT2D eigenvalue weighted by Gasteiger charge is -2.35. The Hall–Kier alpha value is -0.610. The van der Waals surface area contributed by atoms with Gasteiger partial charge in [0.1, 0.15) is 0 Å². The molecule has 2 N–H and O–H groups in total. The van der Waals surface area contributed by atoms with E-state index in [4.69, 9.17) is 5.73 Å². The van der Waals surface area contributed by atoms with Crippen LogP contribution in [0.1, 0.15) is 52.4 Å². The van der Waals surface area contributed by atoms with Crippen LogP contribution in [-0.2, 0) is 4.79 Å². The maximum absolute atomic E-state index is 12.1.